The molecule has 0 aliphatic carbocycles. The van der Waals surface area contributed by atoms with Crippen LogP contribution in [0.1, 0.15) is 16.5 Å². The molecule has 21 heavy (non-hydrogen) atoms. The maximum atomic E-state index is 13.4. The Bertz CT molecular complexity index is 831. The predicted octanol–water partition coefficient (Wildman–Crippen LogP) is 5.02. The van der Waals surface area contributed by atoms with Crippen molar-refractivity contribution in [3.8, 4) is 0 Å². The molecule has 2 aromatic carbocycles. The summed E-state index contributed by atoms with van der Waals surface area (Å²) in [5, 5.41) is 0.899. The summed E-state index contributed by atoms with van der Waals surface area (Å²) in [4.78, 5) is 0.698. The Hall–Kier alpha value is -1.56. The standard InChI is InChI=1S/C15H9ClF3NS/c16-10-6-12(19)11(18)5-9(10)15(20)14-3-7-1-2-8(17)4-13(7)21-14/h1-6,15H,20H2. The quantitative estimate of drug-likeness (QED) is 0.657. The SMILES string of the molecule is NC(c1cc2ccc(F)cc2s1)c1cc(F)c(F)cc1Cl. The zero-order chi connectivity index (χ0) is 15.1. The average molecular weight is 328 g/mol. The highest BCUT2D eigenvalue weighted by atomic mass is 35.5. The van der Waals surface area contributed by atoms with Crippen LogP contribution in [0.3, 0.4) is 0 Å². The minimum Gasteiger partial charge on any atom is -0.320 e. The van der Waals surface area contributed by atoms with Gasteiger partial charge in [-0.25, -0.2) is 13.2 Å². The molecule has 108 valence electrons. The fourth-order valence-corrected chi connectivity index (χ4v) is 3.49. The highest BCUT2D eigenvalue weighted by Gasteiger charge is 2.18. The van der Waals surface area contributed by atoms with Gasteiger partial charge in [-0.1, -0.05) is 17.7 Å². The number of thiophene rings is 1. The van der Waals surface area contributed by atoms with Crippen molar-refractivity contribution in [1.29, 1.82) is 0 Å². The monoisotopic (exact) mass is 327 g/mol. The summed E-state index contributed by atoms with van der Waals surface area (Å²) < 4.78 is 40.4. The molecule has 3 rings (SSSR count). The van der Waals surface area contributed by atoms with E-state index < -0.39 is 17.7 Å². The van der Waals surface area contributed by atoms with E-state index in [0.29, 0.717) is 10.4 Å². The van der Waals surface area contributed by atoms with E-state index in [-0.39, 0.29) is 10.8 Å². The number of rotatable bonds is 2. The second kappa shape index (κ2) is 5.33. The molecule has 2 N–H and O–H groups in total. The van der Waals surface area contributed by atoms with Crippen molar-refractivity contribution in [3.05, 3.63) is 69.3 Å². The first kappa shape index (κ1) is 14.4. The maximum absolute atomic E-state index is 13.4. The topological polar surface area (TPSA) is 26.0 Å². The first-order chi connectivity index (χ1) is 9.95. The van der Waals surface area contributed by atoms with Gasteiger partial charge in [-0.3, -0.25) is 0 Å². The molecule has 3 aromatic rings. The Balaban J connectivity index is 2.07. The van der Waals surface area contributed by atoms with Crippen LogP contribution >= 0.6 is 22.9 Å². The molecule has 6 heteroatoms. The first-order valence-corrected chi connectivity index (χ1v) is 7.24. The zero-order valence-electron chi connectivity index (χ0n) is 10.5. The van der Waals surface area contributed by atoms with Gasteiger partial charge in [-0.2, -0.15) is 0 Å². The molecule has 1 heterocycles. The normalized spacial score (nSPS) is 12.8. The van der Waals surface area contributed by atoms with Crippen molar-refractivity contribution in [2.45, 2.75) is 6.04 Å². The van der Waals surface area contributed by atoms with E-state index in [4.69, 9.17) is 17.3 Å². The zero-order valence-corrected chi connectivity index (χ0v) is 12.1. The van der Waals surface area contributed by atoms with Crippen molar-refractivity contribution in [2.75, 3.05) is 0 Å². The lowest BCUT2D eigenvalue weighted by Crippen LogP contribution is -2.11. The van der Waals surface area contributed by atoms with Crippen LogP contribution in [0.4, 0.5) is 13.2 Å². The highest BCUT2D eigenvalue weighted by molar-refractivity contribution is 7.19. The largest absolute Gasteiger partial charge is 0.320 e. The molecule has 0 saturated heterocycles. The third-order valence-corrected chi connectivity index (χ3v) is 4.69. The van der Waals surface area contributed by atoms with Crippen molar-refractivity contribution >= 4 is 33.0 Å². The van der Waals surface area contributed by atoms with Gasteiger partial charge in [-0.05, 0) is 41.3 Å². The van der Waals surface area contributed by atoms with Gasteiger partial charge < -0.3 is 5.73 Å². The minimum atomic E-state index is -1.02. The van der Waals surface area contributed by atoms with Crippen LogP contribution in [0.5, 0.6) is 0 Å². The van der Waals surface area contributed by atoms with Gasteiger partial charge in [0.15, 0.2) is 11.6 Å². The lowest BCUT2D eigenvalue weighted by Gasteiger charge is -2.12. The third kappa shape index (κ3) is 2.64. The maximum Gasteiger partial charge on any atom is 0.160 e. The molecule has 0 saturated carbocycles. The molecule has 0 amide bonds. The molecule has 0 aliphatic rings. The lowest BCUT2D eigenvalue weighted by atomic mass is 10.1. The summed E-state index contributed by atoms with van der Waals surface area (Å²) in [6.07, 6.45) is 0. The first-order valence-electron chi connectivity index (χ1n) is 6.04. The second-order valence-electron chi connectivity index (χ2n) is 4.60. The summed E-state index contributed by atoms with van der Waals surface area (Å²) in [6.45, 7) is 0. The van der Waals surface area contributed by atoms with Crippen molar-refractivity contribution in [2.24, 2.45) is 5.73 Å². The molecule has 0 fully saturated rings. The molecule has 0 radical (unpaired) electrons. The number of hydrogen-bond acceptors (Lipinski definition) is 2. The molecule has 0 spiro atoms. The number of halogens is 4. The second-order valence-corrected chi connectivity index (χ2v) is 6.12. The number of nitrogens with two attached hydrogens (primary N) is 1. The van der Waals surface area contributed by atoms with E-state index in [0.717, 1.165) is 22.2 Å². The van der Waals surface area contributed by atoms with E-state index in [1.807, 2.05) is 0 Å². The van der Waals surface area contributed by atoms with E-state index >= 15 is 0 Å². The molecule has 1 nitrogen and oxygen atoms in total. The van der Waals surface area contributed by atoms with Crippen LogP contribution in [-0.4, -0.2) is 0 Å². The average Bonchev–Trinajstić information content (AvgIpc) is 2.85. The lowest BCUT2D eigenvalue weighted by molar-refractivity contribution is 0.506. The van der Waals surface area contributed by atoms with Gasteiger partial charge >= 0.3 is 0 Å². The highest BCUT2D eigenvalue weighted by Crippen LogP contribution is 2.35. The van der Waals surface area contributed by atoms with Gasteiger partial charge in [0.05, 0.1) is 6.04 Å². The van der Waals surface area contributed by atoms with Crippen molar-refractivity contribution in [1.82, 2.24) is 0 Å². The van der Waals surface area contributed by atoms with Crippen LogP contribution < -0.4 is 5.73 Å². The van der Waals surface area contributed by atoms with E-state index in [2.05, 4.69) is 0 Å². The summed E-state index contributed by atoms with van der Waals surface area (Å²) >= 11 is 7.22. The molecular weight excluding hydrogens is 319 g/mol. The van der Waals surface area contributed by atoms with Crippen LogP contribution in [0, 0.1) is 17.5 Å². The summed E-state index contributed by atoms with van der Waals surface area (Å²) in [5.41, 5.74) is 6.38. The predicted molar refractivity (Wildman–Crippen MR) is 79.2 cm³/mol. The fraction of sp³-hybridized carbons (Fsp3) is 0.0667. The Morgan fingerprint density at radius 3 is 2.48 bits per heavy atom. The molecule has 0 aliphatic heterocycles. The van der Waals surface area contributed by atoms with Crippen molar-refractivity contribution < 1.29 is 13.2 Å². The summed E-state index contributed by atoms with van der Waals surface area (Å²) in [6, 6.07) is 7.39. The van der Waals surface area contributed by atoms with Gasteiger partial charge in [0.1, 0.15) is 5.82 Å². The van der Waals surface area contributed by atoms with Crippen LogP contribution in [0.15, 0.2) is 36.4 Å². The Labute approximate surface area is 127 Å². The summed E-state index contributed by atoms with van der Waals surface area (Å²) in [5.74, 6) is -2.36. The van der Waals surface area contributed by atoms with Crippen LogP contribution in [-0.2, 0) is 0 Å². The molecule has 1 atom stereocenters. The smallest absolute Gasteiger partial charge is 0.160 e. The van der Waals surface area contributed by atoms with Gasteiger partial charge in [-0.15, -0.1) is 11.3 Å². The van der Waals surface area contributed by atoms with Crippen molar-refractivity contribution in [3.63, 3.8) is 0 Å². The molecule has 1 unspecified atom stereocenters. The fourth-order valence-electron chi connectivity index (χ4n) is 2.11. The Kier molecular flexibility index (Phi) is 3.65. The number of hydrogen-bond donors (Lipinski definition) is 1. The Morgan fingerprint density at radius 2 is 1.71 bits per heavy atom. The minimum absolute atomic E-state index is 0.0602. The molecular formula is C15H9ClF3NS. The van der Waals surface area contributed by atoms with Gasteiger partial charge in [0.2, 0.25) is 0 Å². The van der Waals surface area contributed by atoms with Gasteiger partial charge in [0.25, 0.3) is 0 Å². The van der Waals surface area contributed by atoms with E-state index in [1.165, 1.54) is 23.5 Å². The summed E-state index contributed by atoms with van der Waals surface area (Å²) in [7, 11) is 0. The van der Waals surface area contributed by atoms with Crippen LogP contribution in [0.25, 0.3) is 10.1 Å². The third-order valence-electron chi connectivity index (χ3n) is 3.18. The molecule has 0 bridgehead atoms. The van der Waals surface area contributed by atoms with Gasteiger partial charge in [0, 0.05) is 14.6 Å². The Morgan fingerprint density at radius 1 is 1.00 bits per heavy atom. The van der Waals surface area contributed by atoms with E-state index in [9.17, 15) is 13.2 Å². The van der Waals surface area contributed by atoms with Crippen LogP contribution in [0.2, 0.25) is 5.02 Å². The molecule has 1 aromatic heterocycles. The number of benzene rings is 2. The number of fused-ring (bicyclic) bond motifs is 1. The van der Waals surface area contributed by atoms with E-state index in [1.54, 1.807) is 12.1 Å².